The van der Waals surface area contributed by atoms with Crippen molar-refractivity contribution in [2.24, 2.45) is 11.3 Å². The van der Waals surface area contributed by atoms with Crippen LogP contribution in [-0.4, -0.2) is 19.0 Å². The summed E-state index contributed by atoms with van der Waals surface area (Å²) in [5.74, 6) is 0.146. The molecule has 0 aromatic heterocycles. The highest BCUT2D eigenvalue weighted by Crippen LogP contribution is 2.24. The number of esters is 1. The Hall–Kier alpha value is -1.84. The summed E-state index contributed by atoms with van der Waals surface area (Å²) in [6.07, 6.45) is 2.64. The molecule has 0 aliphatic carbocycles. The third-order valence-electron chi connectivity index (χ3n) is 4.18. The van der Waals surface area contributed by atoms with Crippen molar-refractivity contribution in [1.82, 2.24) is 0 Å². The number of carbonyl (C=O) groups is 2. The highest BCUT2D eigenvalue weighted by Gasteiger charge is 2.25. The summed E-state index contributed by atoms with van der Waals surface area (Å²) in [6.45, 7) is 10.1. The summed E-state index contributed by atoms with van der Waals surface area (Å²) in [7, 11) is 1.36. The molecule has 0 radical (unpaired) electrons. The smallest absolute Gasteiger partial charge is 0.337 e. The second kappa shape index (κ2) is 8.14. The Morgan fingerprint density at radius 2 is 1.87 bits per heavy atom. The van der Waals surface area contributed by atoms with Gasteiger partial charge in [-0.1, -0.05) is 34.6 Å². The van der Waals surface area contributed by atoms with Gasteiger partial charge in [-0.3, -0.25) is 4.79 Å². The van der Waals surface area contributed by atoms with Gasteiger partial charge in [0.2, 0.25) is 5.91 Å². The third kappa shape index (κ3) is 5.70. The average molecular weight is 319 g/mol. The van der Waals surface area contributed by atoms with Crippen LogP contribution in [0.5, 0.6) is 0 Å². The molecule has 0 unspecified atom stereocenters. The van der Waals surface area contributed by atoms with Crippen LogP contribution in [0.25, 0.3) is 0 Å². The molecule has 0 saturated heterocycles. The number of nitrogens with one attached hydrogen (secondary N) is 1. The maximum absolute atomic E-state index is 12.4. The predicted octanol–water partition coefficient (Wildman–Crippen LogP) is 4.44. The average Bonchev–Trinajstić information content (AvgIpc) is 2.51. The SMILES string of the molecule is CCC(C)(C)C(=O)Nc1cc(CCC(C)C)cc(C(=O)OC)c1. The molecule has 4 heteroatoms. The molecule has 1 N–H and O–H groups in total. The zero-order chi connectivity index (χ0) is 17.6. The summed E-state index contributed by atoms with van der Waals surface area (Å²) < 4.78 is 4.81. The van der Waals surface area contributed by atoms with Crippen molar-refractivity contribution in [3.63, 3.8) is 0 Å². The molecule has 128 valence electrons. The molecule has 1 rings (SSSR count). The van der Waals surface area contributed by atoms with Crippen LogP contribution >= 0.6 is 0 Å². The first-order valence-corrected chi connectivity index (χ1v) is 8.23. The van der Waals surface area contributed by atoms with Gasteiger partial charge in [0.05, 0.1) is 12.7 Å². The summed E-state index contributed by atoms with van der Waals surface area (Å²) in [4.78, 5) is 24.2. The molecule has 23 heavy (non-hydrogen) atoms. The van der Waals surface area contributed by atoms with E-state index in [4.69, 9.17) is 4.74 Å². The minimum atomic E-state index is -0.445. The van der Waals surface area contributed by atoms with Crippen LogP contribution in [0.15, 0.2) is 18.2 Å². The molecule has 0 fully saturated rings. The van der Waals surface area contributed by atoms with E-state index >= 15 is 0 Å². The van der Waals surface area contributed by atoms with Crippen LogP contribution in [0.2, 0.25) is 0 Å². The lowest BCUT2D eigenvalue weighted by Crippen LogP contribution is -2.30. The van der Waals surface area contributed by atoms with Crippen molar-refractivity contribution >= 4 is 17.6 Å². The number of anilines is 1. The summed E-state index contributed by atoms with van der Waals surface area (Å²) in [6, 6.07) is 5.46. The van der Waals surface area contributed by atoms with E-state index in [0.717, 1.165) is 24.8 Å². The van der Waals surface area contributed by atoms with E-state index < -0.39 is 5.41 Å². The second-order valence-corrected chi connectivity index (χ2v) is 7.03. The molecule has 1 aromatic carbocycles. The van der Waals surface area contributed by atoms with Gasteiger partial charge in [-0.05, 0) is 48.9 Å². The van der Waals surface area contributed by atoms with E-state index in [2.05, 4.69) is 19.2 Å². The summed E-state index contributed by atoms with van der Waals surface area (Å²) in [5.41, 5.74) is 1.71. The van der Waals surface area contributed by atoms with Crippen LogP contribution in [0, 0.1) is 11.3 Å². The number of amides is 1. The fraction of sp³-hybridized carbons (Fsp3) is 0.579. The highest BCUT2D eigenvalue weighted by molar-refractivity contribution is 5.97. The first-order valence-electron chi connectivity index (χ1n) is 8.23. The van der Waals surface area contributed by atoms with E-state index in [-0.39, 0.29) is 11.9 Å². The zero-order valence-corrected chi connectivity index (χ0v) is 15.2. The Bertz CT molecular complexity index is 562. The van der Waals surface area contributed by atoms with Crippen LogP contribution in [0.3, 0.4) is 0 Å². The van der Waals surface area contributed by atoms with Gasteiger partial charge in [-0.2, -0.15) is 0 Å². The van der Waals surface area contributed by atoms with Gasteiger partial charge in [-0.15, -0.1) is 0 Å². The van der Waals surface area contributed by atoms with Crippen molar-refractivity contribution in [2.75, 3.05) is 12.4 Å². The number of aryl methyl sites for hydroxylation is 1. The molecule has 1 amide bonds. The maximum atomic E-state index is 12.4. The predicted molar refractivity (Wildman–Crippen MR) is 93.6 cm³/mol. The topological polar surface area (TPSA) is 55.4 Å². The Morgan fingerprint density at radius 1 is 1.22 bits per heavy atom. The maximum Gasteiger partial charge on any atom is 0.337 e. The summed E-state index contributed by atoms with van der Waals surface area (Å²) in [5, 5.41) is 2.93. The van der Waals surface area contributed by atoms with Gasteiger partial charge in [0, 0.05) is 11.1 Å². The molecule has 0 heterocycles. The van der Waals surface area contributed by atoms with Gasteiger partial charge in [0.1, 0.15) is 0 Å². The molecule has 0 spiro atoms. The Morgan fingerprint density at radius 3 is 2.39 bits per heavy atom. The molecule has 1 aromatic rings. The minimum Gasteiger partial charge on any atom is -0.465 e. The fourth-order valence-corrected chi connectivity index (χ4v) is 2.06. The van der Waals surface area contributed by atoms with E-state index in [0.29, 0.717) is 17.2 Å². The number of rotatable bonds is 7. The zero-order valence-electron chi connectivity index (χ0n) is 15.2. The van der Waals surface area contributed by atoms with Crippen molar-refractivity contribution in [2.45, 2.75) is 53.9 Å². The van der Waals surface area contributed by atoms with E-state index in [1.807, 2.05) is 32.9 Å². The molecule has 0 aliphatic heterocycles. The third-order valence-corrected chi connectivity index (χ3v) is 4.18. The normalized spacial score (nSPS) is 11.4. The minimum absolute atomic E-state index is 0.0446. The van der Waals surface area contributed by atoms with Crippen molar-refractivity contribution in [3.05, 3.63) is 29.3 Å². The molecule has 0 bridgehead atoms. The second-order valence-electron chi connectivity index (χ2n) is 7.03. The van der Waals surface area contributed by atoms with Gasteiger partial charge in [0.25, 0.3) is 0 Å². The van der Waals surface area contributed by atoms with Crippen molar-refractivity contribution in [3.8, 4) is 0 Å². The largest absolute Gasteiger partial charge is 0.465 e. The lowest BCUT2D eigenvalue weighted by molar-refractivity contribution is -0.124. The monoisotopic (exact) mass is 319 g/mol. The van der Waals surface area contributed by atoms with Gasteiger partial charge in [0.15, 0.2) is 0 Å². The highest BCUT2D eigenvalue weighted by atomic mass is 16.5. The van der Waals surface area contributed by atoms with E-state index in [1.54, 1.807) is 6.07 Å². The first-order chi connectivity index (χ1) is 10.7. The first kappa shape index (κ1) is 19.2. The Balaban J connectivity index is 3.07. The number of carbonyl (C=O) groups excluding carboxylic acids is 2. The molecular formula is C19H29NO3. The number of hydrogen-bond donors (Lipinski definition) is 1. The standard InChI is InChI=1S/C19H29NO3/c1-7-19(4,5)18(22)20-16-11-14(9-8-13(2)3)10-15(12-16)17(21)23-6/h10-13H,7-9H2,1-6H3,(H,20,22). The number of benzene rings is 1. The Labute approximate surface area is 139 Å². The van der Waals surface area contributed by atoms with E-state index in [1.165, 1.54) is 7.11 Å². The fourth-order valence-electron chi connectivity index (χ4n) is 2.06. The molecule has 0 aliphatic rings. The van der Waals surface area contributed by atoms with Crippen LogP contribution in [0.1, 0.15) is 63.4 Å². The summed E-state index contributed by atoms with van der Waals surface area (Å²) >= 11 is 0. The molecular weight excluding hydrogens is 290 g/mol. The lowest BCUT2D eigenvalue weighted by atomic mass is 9.89. The van der Waals surface area contributed by atoms with Crippen LogP contribution in [0.4, 0.5) is 5.69 Å². The van der Waals surface area contributed by atoms with Gasteiger partial charge < -0.3 is 10.1 Å². The lowest BCUT2D eigenvalue weighted by Gasteiger charge is -2.22. The van der Waals surface area contributed by atoms with Gasteiger partial charge >= 0.3 is 5.97 Å². The van der Waals surface area contributed by atoms with Crippen molar-refractivity contribution in [1.29, 1.82) is 0 Å². The Kier molecular flexibility index (Phi) is 6.79. The van der Waals surface area contributed by atoms with Crippen molar-refractivity contribution < 1.29 is 14.3 Å². The number of hydrogen-bond acceptors (Lipinski definition) is 3. The number of ether oxygens (including phenoxy) is 1. The quantitative estimate of drug-likeness (QED) is 0.756. The molecule has 0 atom stereocenters. The van der Waals surface area contributed by atoms with Gasteiger partial charge in [-0.25, -0.2) is 4.79 Å². The molecule has 4 nitrogen and oxygen atoms in total. The number of methoxy groups -OCH3 is 1. The van der Waals surface area contributed by atoms with Crippen LogP contribution < -0.4 is 5.32 Å². The molecule has 0 saturated carbocycles. The van der Waals surface area contributed by atoms with E-state index in [9.17, 15) is 9.59 Å². The van der Waals surface area contributed by atoms with Crippen LogP contribution in [-0.2, 0) is 16.0 Å².